The summed E-state index contributed by atoms with van der Waals surface area (Å²) < 4.78 is 26.6. The van der Waals surface area contributed by atoms with Crippen LogP contribution in [0.15, 0.2) is 18.2 Å². The largest absolute Gasteiger partial charge is 0.480 e. The summed E-state index contributed by atoms with van der Waals surface area (Å²) in [5.74, 6) is -4.70. The fraction of sp³-hybridized carbons (Fsp3) is 0.357. The van der Waals surface area contributed by atoms with Crippen molar-refractivity contribution in [1.29, 1.82) is 0 Å². The molecular weight excluding hydrogens is 298 g/mol. The first-order valence-electron chi connectivity index (χ1n) is 6.58. The molecule has 2 atom stereocenters. The second-order valence-electron chi connectivity index (χ2n) is 5.07. The first-order chi connectivity index (χ1) is 10.3. The van der Waals surface area contributed by atoms with Crippen LogP contribution in [0.2, 0.25) is 0 Å². The Kier molecular flexibility index (Phi) is 4.39. The minimum Gasteiger partial charge on any atom is -0.480 e. The number of anilines is 1. The second kappa shape index (κ2) is 6.08. The number of aliphatic carboxylic acids is 1. The van der Waals surface area contributed by atoms with E-state index in [9.17, 15) is 23.2 Å². The van der Waals surface area contributed by atoms with E-state index in [0.717, 1.165) is 17.0 Å². The third-order valence-electron chi connectivity index (χ3n) is 3.43. The van der Waals surface area contributed by atoms with Crippen LogP contribution in [0, 0.1) is 17.6 Å². The fourth-order valence-electron chi connectivity index (χ4n) is 2.21. The molecule has 1 aromatic rings. The normalized spacial score (nSPS) is 19.1. The minimum atomic E-state index is -1.20. The highest BCUT2D eigenvalue weighted by Gasteiger charge is 2.37. The van der Waals surface area contributed by atoms with E-state index in [-0.39, 0.29) is 18.7 Å². The predicted molar refractivity (Wildman–Crippen MR) is 72.1 cm³/mol. The topological polar surface area (TPSA) is 86.7 Å². The number of nitrogens with zero attached hydrogens (tertiary/aromatic N) is 1. The van der Waals surface area contributed by atoms with Gasteiger partial charge in [-0.15, -0.1) is 0 Å². The van der Waals surface area contributed by atoms with Crippen LogP contribution in [0.1, 0.15) is 13.3 Å². The molecule has 1 fully saturated rings. The summed E-state index contributed by atoms with van der Waals surface area (Å²) in [7, 11) is 0. The molecule has 1 saturated heterocycles. The molecule has 0 spiro atoms. The van der Waals surface area contributed by atoms with Crippen molar-refractivity contribution in [3.05, 3.63) is 29.8 Å². The van der Waals surface area contributed by atoms with Crippen molar-refractivity contribution in [2.75, 3.05) is 11.4 Å². The molecule has 0 bridgehead atoms. The Morgan fingerprint density at radius 1 is 1.41 bits per heavy atom. The van der Waals surface area contributed by atoms with Crippen LogP contribution in [0.25, 0.3) is 0 Å². The third-order valence-corrected chi connectivity index (χ3v) is 3.43. The van der Waals surface area contributed by atoms with E-state index in [1.807, 2.05) is 0 Å². The van der Waals surface area contributed by atoms with Crippen molar-refractivity contribution in [1.82, 2.24) is 5.32 Å². The summed E-state index contributed by atoms with van der Waals surface area (Å²) in [6, 6.07) is 1.72. The number of carbonyl (C=O) groups is 3. The molecule has 1 heterocycles. The molecule has 6 nitrogen and oxygen atoms in total. The van der Waals surface area contributed by atoms with Gasteiger partial charge in [-0.25, -0.2) is 8.78 Å². The number of nitrogens with one attached hydrogen (secondary N) is 1. The molecule has 1 unspecified atom stereocenters. The minimum absolute atomic E-state index is 0.0838. The molecule has 0 radical (unpaired) electrons. The summed E-state index contributed by atoms with van der Waals surface area (Å²) in [4.78, 5) is 35.6. The average Bonchev–Trinajstić information content (AvgIpc) is 2.80. The van der Waals surface area contributed by atoms with Crippen molar-refractivity contribution in [2.24, 2.45) is 5.92 Å². The van der Waals surface area contributed by atoms with E-state index >= 15 is 0 Å². The standard InChI is InChI=1S/C14H14F2N2O4/c1-7(14(21)22)17-13(20)8-4-12(19)18(6-8)11-3-2-9(15)5-10(11)16/h2-3,5,7-8H,4,6H2,1H3,(H,17,20)(H,21,22)/t7-,8?/m0/s1. The number of halogens is 2. The van der Waals surface area contributed by atoms with Gasteiger partial charge in [-0.3, -0.25) is 14.4 Å². The van der Waals surface area contributed by atoms with Crippen LogP contribution in [0.3, 0.4) is 0 Å². The Morgan fingerprint density at radius 2 is 2.09 bits per heavy atom. The van der Waals surface area contributed by atoms with Gasteiger partial charge in [0.05, 0.1) is 11.6 Å². The fourth-order valence-corrected chi connectivity index (χ4v) is 2.21. The maximum absolute atomic E-state index is 13.7. The summed E-state index contributed by atoms with van der Waals surface area (Å²) in [6.07, 6.45) is -0.158. The van der Waals surface area contributed by atoms with Crippen LogP contribution in [-0.2, 0) is 14.4 Å². The zero-order valence-electron chi connectivity index (χ0n) is 11.7. The number of hydrogen-bond acceptors (Lipinski definition) is 3. The van der Waals surface area contributed by atoms with Crippen molar-refractivity contribution in [3.8, 4) is 0 Å². The smallest absolute Gasteiger partial charge is 0.325 e. The molecule has 2 N–H and O–H groups in total. The van der Waals surface area contributed by atoms with Crippen LogP contribution < -0.4 is 10.2 Å². The molecule has 1 aromatic carbocycles. The van der Waals surface area contributed by atoms with E-state index < -0.39 is 41.4 Å². The zero-order valence-corrected chi connectivity index (χ0v) is 11.7. The number of hydrogen-bond donors (Lipinski definition) is 2. The Bertz CT molecular complexity index is 635. The lowest BCUT2D eigenvalue weighted by Gasteiger charge is -2.18. The maximum Gasteiger partial charge on any atom is 0.325 e. The third kappa shape index (κ3) is 3.21. The van der Waals surface area contributed by atoms with Gasteiger partial charge in [0.15, 0.2) is 0 Å². The summed E-state index contributed by atoms with van der Waals surface area (Å²) in [6.45, 7) is 1.22. The van der Waals surface area contributed by atoms with Gasteiger partial charge in [-0.2, -0.15) is 0 Å². The van der Waals surface area contributed by atoms with E-state index in [4.69, 9.17) is 5.11 Å². The first-order valence-corrected chi connectivity index (χ1v) is 6.58. The van der Waals surface area contributed by atoms with Gasteiger partial charge in [0.25, 0.3) is 0 Å². The van der Waals surface area contributed by atoms with Crippen LogP contribution in [0.4, 0.5) is 14.5 Å². The van der Waals surface area contributed by atoms with Gasteiger partial charge in [-0.05, 0) is 19.1 Å². The summed E-state index contributed by atoms with van der Waals surface area (Å²) >= 11 is 0. The van der Waals surface area contributed by atoms with Gasteiger partial charge in [0.2, 0.25) is 11.8 Å². The summed E-state index contributed by atoms with van der Waals surface area (Å²) in [5, 5.41) is 11.0. The lowest BCUT2D eigenvalue weighted by molar-refractivity contribution is -0.141. The quantitative estimate of drug-likeness (QED) is 0.865. The number of rotatable bonds is 4. The average molecular weight is 312 g/mol. The monoisotopic (exact) mass is 312 g/mol. The predicted octanol–water partition coefficient (Wildman–Crippen LogP) is 0.907. The Morgan fingerprint density at radius 3 is 2.68 bits per heavy atom. The van der Waals surface area contributed by atoms with Crippen molar-refractivity contribution >= 4 is 23.5 Å². The van der Waals surface area contributed by atoms with Crippen LogP contribution in [0.5, 0.6) is 0 Å². The van der Waals surface area contributed by atoms with Crippen molar-refractivity contribution in [3.63, 3.8) is 0 Å². The molecule has 0 aliphatic carbocycles. The number of amides is 2. The van der Waals surface area contributed by atoms with E-state index in [1.165, 1.54) is 6.92 Å². The molecule has 1 aliphatic rings. The molecule has 2 amide bonds. The SMILES string of the molecule is C[C@H](NC(=O)C1CC(=O)N(c2ccc(F)cc2F)C1)C(=O)O. The lowest BCUT2D eigenvalue weighted by atomic mass is 10.1. The highest BCUT2D eigenvalue weighted by molar-refractivity contribution is 6.00. The Balaban J connectivity index is 2.10. The van der Waals surface area contributed by atoms with Crippen LogP contribution in [-0.4, -0.2) is 35.5 Å². The van der Waals surface area contributed by atoms with E-state index in [0.29, 0.717) is 6.07 Å². The molecule has 0 saturated carbocycles. The van der Waals surface area contributed by atoms with Gasteiger partial charge in [-0.1, -0.05) is 0 Å². The number of benzene rings is 1. The zero-order chi connectivity index (χ0) is 16.4. The number of carbonyl (C=O) groups excluding carboxylic acids is 2. The van der Waals surface area contributed by atoms with Gasteiger partial charge < -0.3 is 15.3 Å². The summed E-state index contributed by atoms with van der Waals surface area (Å²) in [5.41, 5.74) is -0.104. The van der Waals surface area contributed by atoms with Gasteiger partial charge in [0.1, 0.15) is 17.7 Å². The highest BCUT2D eigenvalue weighted by atomic mass is 19.1. The van der Waals surface area contributed by atoms with Gasteiger partial charge in [0, 0.05) is 19.0 Å². The molecule has 1 aliphatic heterocycles. The van der Waals surface area contributed by atoms with Crippen molar-refractivity contribution < 1.29 is 28.3 Å². The van der Waals surface area contributed by atoms with E-state index in [1.54, 1.807) is 0 Å². The van der Waals surface area contributed by atoms with Crippen LogP contribution >= 0.6 is 0 Å². The molecule has 22 heavy (non-hydrogen) atoms. The second-order valence-corrected chi connectivity index (χ2v) is 5.07. The molecule has 8 heteroatoms. The lowest BCUT2D eigenvalue weighted by Crippen LogP contribution is -2.42. The maximum atomic E-state index is 13.7. The molecule has 2 rings (SSSR count). The Hall–Kier alpha value is -2.51. The molecule has 0 aromatic heterocycles. The highest BCUT2D eigenvalue weighted by Crippen LogP contribution is 2.28. The van der Waals surface area contributed by atoms with Gasteiger partial charge >= 0.3 is 5.97 Å². The number of carboxylic acids is 1. The van der Waals surface area contributed by atoms with Crippen molar-refractivity contribution in [2.45, 2.75) is 19.4 Å². The molecular formula is C14H14F2N2O4. The van der Waals surface area contributed by atoms with E-state index in [2.05, 4.69) is 5.32 Å². The first kappa shape index (κ1) is 15.9. The molecule has 118 valence electrons. The Labute approximate surface area is 124 Å². The number of carboxylic acid groups (broad SMARTS) is 1.